The third kappa shape index (κ3) is 3.43. The summed E-state index contributed by atoms with van der Waals surface area (Å²) in [6.07, 6.45) is 5.36. The molecular formula is C21H19N7O4. The molecule has 32 heavy (non-hydrogen) atoms. The van der Waals surface area contributed by atoms with Gasteiger partial charge in [0.25, 0.3) is 0 Å². The van der Waals surface area contributed by atoms with Crippen LogP contribution in [0.3, 0.4) is 0 Å². The summed E-state index contributed by atoms with van der Waals surface area (Å²) in [6.45, 7) is 0.765. The molecule has 1 aliphatic heterocycles. The molecule has 1 aliphatic carbocycles. The summed E-state index contributed by atoms with van der Waals surface area (Å²) in [7, 11) is 0. The third-order valence-corrected chi connectivity index (χ3v) is 5.29. The van der Waals surface area contributed by atoms with E-state index in [1.54, 1.807) is 16.8 Å². The first-order valence-electron chi connectivity index (χ1n) is 10.2. The molecule has 1 aromatic carbocycles. The fourth-order valence-electron chi connectivity index (χ4n) is 3.53. The van der Waals surface area contributed by atoms with E-state index in [0.717, 1.165) is 29.9 Å². The second-order valence-corrected chi connectivity index (χ2v) is 7.72. The van der Waals surface area contributed by atoms with Crippen molar-refractivity contribution in [3.05, 3.63) is 62.9 Å². The first-order valence-corrected chi connectivity index (χ1v) is 10.2. The summed E-state index contributed by atoms with van der Waals surface area (Å²) in [4.78, 5) is 25.8. The maximum absolute atomic E-state index is 11.5. The van der Waals surface area contributed by atoms with Crippen molar-refractivity contribution in [2.75, 3.05) is 12.1 Å². The Morgan fingerprint density at radius 1 is 1.25 bits per heavy atom. The molecule has 4 N–H and O–H groups in total. The second kappa shape index (κ2) is 7.15. The van der Waals surface area contributed by atoms with E-state index < -0.39 is 5.69 Å². The Labute approximate surface area is 180 Å². The molecule has 3 aromatic heterocycles. The van der Waals surface area contributed by atoms with E-state index in [9.17, 15) is 9.90 Å². The first kappa shape index (κ1) is 18.5. The molecule has 162 valence electrons. The van der Waals surface area contributed by atoms with E-state index >= 15 is 0 Å². The number of imidazole rings is 1. The zero-order valence-electron chi connectivity index (χ0n) is 16.8. The lowest BCUT2D eigenvalue weighted by Gasteiger charge is -2.07. The van der Waals surface area contributed by atoms with Crippen LogP contribution >= 0.6 is 0 Å². The number of rotatable bonds is 5. The molecule has 2 aliphatic rings. The highest BCUT2D eigenvalue weighted by molar-refractivity contribution is 5.58. The van der Waals surface area contributed by atoms with Gasteiger partial charge in [-0.15, -0.1) is 0 Å². The Hall–Kier alpha value is -4.28. The minimum Gasteiger partial charge on any atom is -0.493 e. The molecule has 6 rings (SSSR count). The van der Waals surface area contributed by atoms with Crippen molar-refractivity contribution in [3.63, 3.8) is 0 Å². The number of ether oxygens (including phenoxy) is 2. The Morgan fingerprint density at radius 2 is 2.12 bits per heavy atom. The molecule has 4 aromatic rings. The fourth-order valence-corrected chi connectivity index (χ4v) is 3.53. The molecule has 0 radical (unpaired) electrons. The lowest BCUT2D eigenvalue weighted by Crippen LogP contribution is -2.20. The summed E-state index contributed by atoms with van der Waals surface area (Å²) in [5, 5.41) is 18.3. The zero-order chi connectivity index (χ0) is 21.7. The van der Waals surface area contributed by atoms with Gasteiger partial charge in [0.1, 0.15) is 11.5 Å². The number of aromatic amines is 2. The summed E-state index contributed by atoms with van der Waals surface area (Å²) in [6, 6.07) is 7.95. The molecule has 0 atom stereocenters. The van der Waals surface area contributed by atoms with Crippen LogP contribution in [0, 0.1) is 0 Å². The highest BCUT2D eigenvalue weighted by atomic mass is 16.7. The average molecular weight is 433 g/mol. The molecule has 4 heterocycles. The van der Waals surface area contributed by atoms with E-state index in [0.29, 0.717) is 34.8 Å². The van der Waals surface area contributed by atoms with Crippen LogP contribution < -0.4 is 31.2 Å². The topological polar surface area (TPSA) is 142 Å². The summed E-state index contributed by atoms with van der Waals surface area (Å²) in [5.74, 6) is 1.86. The van der Waals surface area contributed by atoms with Crippen molar-refractivity contribution < 1.29 is 14.6 Å². The maximum atomic E-state index is 11.5. The van der Waals surface area contributed by atoms with Crippen LogP contribution in [0.1, 0.15) is 24.1 Å². The number of hydrogen-bond acceptors (Lipinski definition) is 8. The van der Waals surface area contributed by atoms with Gasteiger partial charge in [-0.25, -0.2) is 9.78 Å². The number of aromatic nitrogens is 5. The number of hydrogen-bond donors (Lipinski definition) is 4. The van der Waals surface area contributed by atoms with Crippen LogP contribution in [0.4, 0.5) is 5.82 Å². The average Bonchev–Trinajstić information content (AvgIpc) is 3.16. The lowest BCUT2D eigenvalue weighted by atomic mass is 10.2. The maximum Gasteiger partial charge on any atom is 0.326 e. The van der Waals surface area contributed by atoms with Crippen molar-refractivity contribution in [1.29, 1.82) is 0 Å². The van der Waals surface area contributed by atoms with Crippen LogP contribution in [0.15, 0.2) is 40.2 Å². The van der Waals surface area contributed by atoms with Crippen molar-refractivity contribution in [2.45, 2.75) is 25.4 Å². The van der Waals surface area contributed by atoms with Crippen molar-refractivity contribution in [3.8, 4) is 17.4 Å². The van der Waals surface area contributed by atoms with Crippen molar-refractivity contribution in [2.24, 2.45) is 4.99 Å². The SMILES string of the molecule is O=c1[nH]c(O)c(/C=c2/cnn3c(=NC4CC4)cc(NCc4ccc5c(c4)OCO5)nc23)[nH]1. The van der Waals surface area contributed by atoms with Crippen LogP contribution in [0.2, 0.25) is 0 Å². The van der Waals surface area contributed by atoms with E-state index in [-0.39, 0.29) is 18.4 Å². The van der Waals surface area contributed by atoms with E-state index in [1.165, 1.54) is 0 Å². The summed E-state index contributed by atoms with van der Waals surface area (Å²) in [5.41, 5.74) is 2.03. The van der Waals surface area contributed by atoms with Gasteiger partial charge in [-0.1, -0.05) is 6.07 Å². The largest absolute Gasteiger partial charge is 0.493 e. The molecule has 1 saturated carbocycles. The second-order valence-electron chi connectivity index (χ2n) is 7.72. The monoisotopic (exact) mass is 433 g/mol. The normalized spacial score (nSPS) is 16.2. The number of nitrogens with zero attached hydrogens (tertiary/aromatic N) is 4. The standard InChI is InChI=1S/C21H19N7O4/c29-20-14(25-21(30)27-20)6-12-9-23-28-18(24-13-2-3-13)7-17(26-19(12)28)22-8-11-1-4-15-16(5-11)32-10-31-15/h1,4-7,9,13,22,29H,2-3,8,10H2,(H2,25,27,30)/b12-6-,24-18?. The molecule has 0 unspecified atom stereocenters. The molecule has 11 nitrogen and oxygen atoms in total. The van der Waals surface area contributed by atoms with Gasteiger partial charge >= 0.3 is 5.69 Å². The Morgan fingerprint density at radius 3 is 2.94 bits per heavy atom. The summed E-state index contributed by atoms with van der Waals surface area (Å²) < 4.78 is 12.5. The molecule has 1 fully saturated rings. The Kier molecular flexibility index (Phi) is 4.13. The van der Waals surface area contributed by atoms with Gasteiger partial charge in [-0.05, 0) is 36.6 Å². The van der Waals surface area contributed by atoms with Gasteiger partial charge in [0.05, 0.1) is 12.2 Å². The van der Waals surface area contributed by atoms with Gasteiger partial charge in [0.2, 0.25) is 12.7 Å². The zero-order valence-corrected chi connectivity index (χ0v) is 16.8. The predicted molar refractivity (Wildman–Crippen MR) is 113 cm³/mol. The summed E-state index contributed by atoms with van der Waals surface area (Å²) >= 11 is 0. The van der Waals surface area contributed by atoms with Gasteiger partial charge < -0.3 is 24.9 Å². The van der Waals surface area contributed by atoms with E-state index in [2.05, 4.69) is 20.4 Å². The predicted octanol–water partition coefficient (Wildman–Crippen LogP) is 0.403. The van der Waals surface area contributed by atoms with Gasteiger partial charge in [-0.2, -0.15) is 9.61 Å². The number of H-pyrrole nitrogens is 2. The highest BCUT2D eigenvalue weighted by Crippen LogP contribution is 2.32. The van der Waals surface area contributed by atoms with Crippen LogP contribution in [-0.4, -0.2) is 42.5 Å². The number of aromatic hydroxyl groups is 1. The van der Waals surface area contributed by atoms with Gasteiger partial charge in [0, 0.05) is 17.8 Å². The number of benzene rings is 1. The molecule has 0 spiro atoms. The van der Waals surface area contributed by atoms with E-state index in [4.69, 9.17) is 19.5 Å². The molecular weight excluding hydrogens is 414 g/mol. The van der Waals surface area contributed by atoms with Crippen LogP contribution in [0.25, 0.3) is 11.7 Å². The number of fused-ring (bicyclic) bond motifs is 2. The molecule has 11 heteroatoms. The van der Waals surface area contributed by atoms with Gasteiger partial charge in [-0.3, -0.25) is 9.98 Å². The molecule has 0 saturated heterocycles. The van der Waals surface area contributed by atoms with E-state index in [1.807, 2.05) is 24.3 Å². The minimum absolute atomic E-state index is 0.235. The number of anilines is 1. The molecule has 0 amide bonds. The molecule has 0 bridgehead atoms. The van der Waals surface area contributed by atoms with Crippen molar-refractivity contribution >= 4 is 17.5 Å². The van der Waals surface area contributed by atoms with Gasteiger partial charge in [0.15, 0.2) is 22.6 Å². The third-order valence-electron chi connectivity index (χ3n) is 5.29. The minimum atomic E-state index is -0.492. The van der Waals surface area contributed by atoms with Crippen LogP contribution in [0.5, 0.6) is 17.4 Å². The Bertz CT molecular complexity index is 1510. The lowest BCUT2D eigenvalue weighted by molar-refractivity contribution is 0.174. The van der Waals surface area contributed by atoms with Crippen molar-refractivity contribution in [1.82, 2.24) is 24.6 Å². The Balaban J connectivity index is 1.40. The quantitative estimate of drug-likeness (QED) is 0.357. The first-order chi connectivity index (χ1) is 15.6. The number of nitrogens with one attached hydrogen (secondary N) is 3. The smallest absolute Gasteiger partial charge is 0.326 e. The van der Waals surface area contributed by atoms with Crippen LogP contribution in [-0.2, 0) is 6.54 Å². The highest BCUT2D eigenvalue weighted by Gasteiger charge is 2.20. The fraction of sp³-hybridized carbons (Fsp3) is 0.238.